The molecule has 0 spiro atoms. The Kier molecular flexibility index (Phi) is 7.59. The van der Waals surface area contributed by atoms with E-state index in [-0.39, 0.29) is 23.7 Å². The SMILES string of the molecule is CC(OC(=O)C1CCN(C=CC(=O)C(F)(F)F)CC1)C(=O)Nc1sccc1C(N)=O. The number of ketones is 1. The van der Waals surface area contributed by atoms with Gasteiger partial charge in [-0.05, 0) is 31.2 Å². The molecule has 8 nitrogen and oxygen atoms in total. The standard InChI is InChI=1S/C18H20F3N3O5S/c1-10(15(27)23-16-12(14(22)26)5-9-30-16)29-17(28)11-2-6-24(7-3-11)8-4-13(25)18(19,20)21/h4-5,8-11H,2-3,6-7H2,1H3,(H2,22,26)(H,23,27). The van der Waals surface area contributed by atoms with Gasteiger partial charge in [0.25, 0.3) is 17.6 Å². The van der Waals surface area contributed by atoms with Crippen LogP contribution in [-0.4, -0.2) is 53.8 Å². The van der Waals surface area contributed by atoms with Crippen LogP contribution in [0.15, 0.2) is 23.7 Å². The van der Waals surface area contributed by atoms with Gasteiger partial charge in [0.15, 0.2) is 6.10 Å². The maximum atomic E-state index is 12.3. The molecule has 2 amide bonds. The van der Waals surface area contributed by atoms with Gasteiger partial charge in [0.2, 0.25) is 0 Å². The number of primary amides is 1. The quantitative estimate of drug-likeness (QED) is 0.488. The molecule has 164 valence electrons. The minimum atomic E-state index is -4.92. The molecule has 3 N–H and O–H groups in total. The van der Waals surface area contributed by atoms with Gasteiger partial charge in [0.05, 0.1) is 11.5 Å². The number of alkyl halides is 3. The molecular formula is C18H20F3N3O5S. The third kappa shape index (κ3) is 6.31. The van der Waals surface area contributed by atoms with Gasteiger partial charge in [-0.3, -0.25) is 19.2 Å². The number of nitrogens with two attached hydrogens (primary N) is 1. The number of carbonyl (C=O) groups is 4. The van der Waals surface area contributed by atoms with Crippen molar-refractivity contribution in [2.24, 2.45) is 11.7 Å². The topological polar surface area (TPSA) is 119 Å². The molecule has 1 saturated heterocycles. The van der Waals surface area contributed by atoms with Crippen LogP contribution in [0.3, 0.4) is 0 Å². The highest BCUT2D eigenvalue weighted by Crippen LogP contribution is 2.24. The van der Waals surface area contributed by atoms with Crippen molar-refractivity contribution in [1.29, 1.82) is 0 Å². The third-order valence-corrected chi connectivity index (χ3v) is 5.24. The number of nitrogens with one attached hydrogen (secondary N) is 1. The molecule has 1 aromatic rings. The van der Waals surface area contributed by atoms with Gasteiger partial charge in [-0.25, -0.2) is 0 Å². The first-order chi connectivity index (χ1) is 14.0. The van der Waals surface area contributed by atoms with E-state index in [9.17, 15) is 32.3 Å². The Hall–Kier alpha value is -2.89. The third-order valence-electron chi connectivity index (χ3n) is 4.41. The lowest BCUT2D eigenvalue weighted by Gasteiger charge is -2.30. The highest BCUT2D eigenvalue weighted by molar-refractivity contribution is 7.14. The Balaban J connectivity index is 1.82. The first-order valence-electron chi connectivity index (χ1n) is 8.91. The molecule has 12 heteroatoms. The summed E-state index contributed by atoms with van der Waals surface area (Å²) in [5.41, 5.74) is 5.36. The number of carbonyl (C=O) groups excluding carboxylic acids is 4. The molecule has 1 aliphatic heterocycles. The van der Waals surface area contributed by atoms with E-state index in [0.29, 0.717) is 18.9 Å². The molecule has 0 aromatic carbocycles. The Morgan fingerprint density at radius 1 is 1.30 bits per heavy atom. The predicted octanol–water partition coefficient (Wildman–Crippen LogP) is 2.07. The number of hydrogen-bond donors (Lipinski definition) is 2. The maximum Gasteiger partial charge on any atom is 0.454 e. The Bertz CT molecular complexity index is 844. The van der Waals surface area contributed by atoms with Crippen molar-refractivity contribution in [3.05, 3.63) is 29.3 Å². The van der Waals surface area contributed by atoms with Crippen molar-refractivity contribution in [2.45, 2.75) is 32.0 Å². The highest BCUT2D eigenvalue weighted by atomic mass is 32.1. The lowest BCUT2D eigenvalue weighted by Crippen LogP contribution is -2.37. The first-order valence-corrected chi connectivity index (χ1v) is 9.79. The number of rotatable bonds is 7. The van der Waals surface area contributed by atoms with Crippen molar-refractivity contribution in [3.8, 4) is 0 Å². The average molecular weight is 447 g/mol. The monoisotopic (exact) mass is 447 g/mol. The first kappa shape index (κ1) is 23.4. The van der Waals surface area contributed by atoms with E-state index >= 15 is 0 Å². The molecule has 1 unspecified atom stereocenters. The molecule has 1 fully saturated rings. The minimum Gasteiger partial charge on any atom is -0.452 e. The number of nitrogens with zero attached hydrogens (tertiary/aromatic N) is 1. The lowest BCUT2D eigenvalue weighted by atomic mass is 9.97. The second-order valence-corrected chi connectivity index (χ2v) is 7.50. The fourth-order valence-corrected chi connectivity index (χ4v) is 3.48. The number of esters is 1. The zero-order valence-corrected chi connectivity index (χ0v) is 16.7. The van der Waals surface area contributed by atoms with Crippen LogP contribution >= 0.6 is 11.3 Å². The average Bonchev–Trinajstić information content (AvgIpc) is 3.14. The van der Waals surface area contributed by atoms with Crippen molar-refractivity contribution in [2.75, 3.05) is 18.4 Å². The fraction of sp³-hybridized carbons (Fsp3) is 0.444. The van der Waals surface area contributed by atoms with E-state index in [1.54, 1.807) is 5.38 Å². The summed E-state index contributed by atoms with van der Waals surface area (Å²) < 4.78 is 41.8. The van der Waals surface area contributed by atoms with E-state index in [1.165, 1.54) is 17.9 Å². The number of allylic oxidation sites excluding steroid dienone is 1. The summed E-state index contributed by atoms with van der Waals surface area (Å²) in [6, 6.07) is 1.46. The van der Waals surface area contributed by atoms with Gasteiger partial charge in [-0.2, -0.15) is 13.2 Å². The molecule has 0 aliphatic carbocycles. The lowest BCUT2D eigenvalue weighted by molar-refractivity contribution is -0.165. The molecule has 2 heterocycles. The van der Waals surface area contributed by atoms with Gasteiger partial charge in [0.1, 0.15) is 5.00 Å². The van der Waals surface area contributed by atoms with Crippen molar-refractivity contribution >= 4 is 39.9 Å². The molecule has 2 rings (SSSR count). The molecule has 1 aliphatic rings. The number of piperidine rings is 1. The highest BCUT2D eigenvalue weighted by Gasteiger charge is 2.36. The number of halogens is 3. The minimum absolute atomic E-state index is 0.149. The van der Waals surface area contributed by atoms with Crippen molar-refractivity contribution in [1.82, 2.24) is 4.90 Å². The number of amides is 2. The van der Waals surface area contributed by atoms with Gasteiger partial charge >= 0.3 is 12.1 Å². The van der Waals surface area contributed by atoms with Gasteiger partial charge in [0, 0.05) is 25.4 Å². The summed E-state index contributed by atoms with van der Waals surface area (Å²) >= 11 is 1.10. The molecule has 30 heavy (non-hydrogen) atoms. The smallest absolute Gasteiger partial charge is 0.452 e. The normalized spacial score (nSPS) is 16.3. The van der Waals surface area contributed by atoms with Crippen molar-refractivity contribution < 1.29 is 37.1 Å². The van der Waals surface area contributed by atoms with Crippen LogP contribution in [-0.2, 0) is 19.1 Å². The van der Waals surface area contributed by atoms with Crippen LogP contribution in [0.25, 0.3) is 0 Å². The second kappa shape index (κ2) is 9.74. The number of hydrogen-bond acceptors (Lipinski definition) is 7. The molecule has 0 saturated carbocycles. The van der Waals surface area contributed by atoms with E-state index in [4.69, 9.17) is 10.5 Å². The second-order valence-electron chi connectivity index (χ2n) is 6.58. The van der Waals surface area contributed by atoms with Gasteiger partial charge < -0.3 is 20.7 Å². The van der Waals surface area contributed by atoms with Gasteiger partial charge in [-0.1, -0.05) is 0 Å². The van der Waals surface area contributed by atoms with Crippen LogP contribution in [0.5, 0.6) is 0 Å². The van der Waals surface area contributed by atoms with Crippen molar-refractivity contribution in [3.63, 3.8) is 0 Å². The zero-order chi connectivity index (χ0) is 22.5. The summed E-state index contributed by atoms with van der Waals surface area (Å²) in [5, 5.41) is 4.32. The Morgan fingerprint density at radius 3 is 2.50 bits per heavy atom. The molecule has 1 aromatic heterocycles. The largest absolute Gasteiger partial charge is 0.454 e. The summed E-state index contributed by atoms with van der Waals surface area (Å²) in [5.74, 6) is -4.40. The maximum absolute atomic E-state index is 12.3. The fourth-order valence-electron chi connectivity index (χ4n) is 2.69. The van der Waals surface area contributed by atoms with E-state index in [1.807, 2.05) is 0 Å². The van der Waals surface area contributed by atoms with E-state index in [2.05, 4.69) is 5.32 Å². The summed E-state index contributed by atoms with van der Waals surface area (Å²) in [4.78, 5) is 48.1. The molecular weight excluding hydrogens is 427 g/mol. The number of anilines is 1. The van der Waals surface area contributed by atoms with Crippen LogP contribution in [0.4, 0.5) is 18.2 Å². The van der Waals surface area contributed by atoms with E-state index < -0.39 is 41.8 Å². The van der Waals surface area contributed by atoms with Crippen LogP contribution in [0.1, 0.15) is 30.1 Å². The molecule has 1 atom stereocenters. The molecule has 0 bridgehead atoms. The summed E-state index contributed by atoms with van der Waals surface area (Å²) in [7, 11) is 0. The zero-order valence-electron chi connectivity index (χ0n) is 15.9. The summed E-state index contributed by atoms with van der Waals surface area (Å²) in [6.45, 7) is 1.91. The van der Waals surface area contributed by atoms with E-state index in [0.717, 1.165) is 17.5 Å². The predicted molar refractivity (Wildman–Crippen MR) is 102 cm³/mol. The number of thiophene rings is 1. The number of likely N-dealkylation sites (tertiary alicyclic amines) is 1. The van der Waals surface area contributed by atoms with Crippen LogP contribution < -0.4 is 11.1 Å². The Labute approximate surface area is 173 Å². The Morgan fingerprint density at radius 2 is 1.93 bits per heavy atom. The number of ether oxygens (including phenoxy) is 1. The van der Waals surface area contributed by atoms with Crippen LogP contribution in [0.2, 0.25) is 0 Å². The summed E-state index contributed by atoms with van der Waals surface area (Å²) in [6.07, 6.45) is -3.93. The van der Waals surface area contributed by atoms with Gasteiger partial charge in [-0.15, -0.1) is 11.3 Å². The molecule has 0 radical (unpaired) electrons. The van der Waals surface area contributed by atoms with Crippen LogP contribution in [0, 0.1) is 5.92 Å².